The summed E-state index contributed by atoms with van der Waals surface area (Å²) in [7, 11) is 5.42. The average molecular weight is 460 g/mol. The van der Waals surface area contributed by atoms with Crippen LogP contribution < -0.4 is 0 Å². The Morgan fingerprint density at radius 2 is 1.18 bits per heavy atom. The third kappa shape index (κ3) is 107. The van der Waals surface area contributed by atoms with Crippen LogP contribution in [0.5, 0.6) is 0 Å². The van der Waals surface area contributed by atoms with Crippen molar-refractivity contribution < 1.29 is 36.7 Å². The first-order valence-corrected chi connectivity index (χ1v) is 9.07. The number of hydrogen-bond donors (Lipinski definition) is 0. The van der Waals surface area contributed by atoms with Gasteiger partial charge in [-0.3, -0.25) is 6.08 Å². The fraction of sp³-hybridized carbons (Fsp3) is 0.714. The molecule has 0 spiro atoms. The van der Waals surface area contributed by atoms with Gasteiger partial charge in [-0.2, -0.15) is 46.9 Å². The number of hydrogen-bond acceptors (Lipinski definition) is 0. The van der Waals surface area contributed by atoms with Crippen LogP contribution in [0.3, 0.4) is 0 Å². The van der Waals surface area contributed by atoms with Crippen molar-refractivity contribution in [3.8, 4) is 0 Å². The van der Waals surface area contributed by atoms with E-state index in [9.17, 15) is 10.5 Å². The summed E-state index contributed by atoms with van der Waals surface area (Å²) >= 11 is -4.83. The maximum absolute atomic E-state index is 9.83. The van der Waals surface area contributed by atoms with Crippen molar-refractivity contribution in [1.29, 1.82) is 0 Å². The van der Waals surface area contributed by atoms with E-state index in [1.165, 1.54) is 0 Å². The summed E-state index contributed by atoms with van der Waals surface area (Å²) in [6.07, 6.45) is 10.0. The molecule has 0 amide bonds. The van der Waals surface area contributed by atoms with E-state index in [1.54, 1.807) is 21.1 Å². The first kappa shape index (κ1) is 34.0. The van der Waals surface area contributed by atoms with Crippen LogP contribution in [-0.2, 0) is 26.2 Å². The Bertz CT molecular complexity index is 170. The molecule has 0 aromatic rings. The second-order valence-electron chi connectivity index (χ2n) is 3.11. The molecule has 0 fully saturated rings. The van der Waals surface area contributed by atoms with Crippen molar-refractivity contribution in [1.82, 2.24) is 0 Å². The summed E-state index contributed by atoms with van der Waals surface area (Å²) in [6, 6.07) is 0. The molecule has 0 unspecified atom stereocenters. The minimum absolute atomic E-state index is 0. The molecule has 0 aliphatic heterocycles. The van der Waals surface area contributed by atoms with Crippen molar-refractivity contribution >= 4 is 15.7 Å². The first-order valence-electron chi connectivity index (χ1n) is 6.70. The van der Waals surface area contributed by atoms with Gasteiger partial charge in [0.25, 0.3) is 0 Å². The van der Waals surface area contributed by atoms with E-state index >= 15 is 0 Å². The van der Waals surface area contributed by atoms with Gasteiger partial charge in [0, 0.05) is 0 Å². The quantitative estimate of drug-likeness (QED) is 0.410. The van der Waals surface area contributed by atoms with E-state index in [1.807, 2.05) is 32.9 Å². The molecule has 0 aromatic heterocycles. The average Bonchev–Trinajstić information content (AvgIpc) is 3.06. The number of allylic oxidation sites excluding steroid dienone is 4. The Balaban J connectivity index is -0.0000000544. The molecular weight excluding hydrogens is 431 g/mol. The molecule has 1 rings (SSSR count). The molecule has 3 nitrogen and oxygen atoms in total. The van der Waals surface area contributed by atoms with Crippen LogP contribution in [0, 0.1) is 6.08 Å². The van der Waals surface area contributed by atoms with Gasteiger partial charge in [0.05, 0.1) is 0 Å². The molecule has 8 heteroatoms. The van der Waals surface area contributed by atoms with E-state index < -0.39 is 15.7 Å². The molecule has 0 bridgehead atoms. The SMILES string of the molecule is CC[N-]C.CC[N-]C.CC[N-]C.[C-]1=CC=CC1.[F][Ge]([F])[F].[Zr+4]. The predicted molar refractivity (Wildman–Crippen MR) is 90.1 cm³/mol. The topological polar surface area (TPSA) is 42.3 Å². The minimum Gasteiger partial charge on any atom is 4.00 e. The molecule has 1 aliphatic carbocycles. The zero-order chi connectivity index (χ0) is 17.4. The van der Waals surface area contributed by atoms with Gasteiger partial charge in [0.1, 0.15) is 0 Å². The van der Waals surface area contributed by atoms with Crippen molar-refractivity contribution in [3.63, 3.8) is 0 Å². The van der Waals surface area contributed by atoms with Crippen molar-refractivity contribution in [2.45, 2.75) is 27.2 Å². The van der Waals surface area contributed by atoms with Gasteiger partial charge in [-0.25, -0.2) is 12.2 Å². The maximum atomic E-state index is 9.83. The van der Waals surface area contributed by atoms with Gasteiger partial charge in [0.2, 0.25) is 0 Å². The van der Waals surface area contributed by atoms with Crippen LogP contribution in [0.2, 0.25) is 0 Å². The summed E-state index contributed by atoms with van der Waals surface area (Å²) in [4.78, 5) is 0. The van der Waals surface area contributed by atoms with Crippen LogP contribution in [0.4, 0.5) is 10.5 Å². The molecule has 0 saturated carbocycles. The van der Waals surface area contributed by atoms with Crippen LogP contribution in [0.15, 0.2) is 18.2 Å². The fourth-order valence-corrected chi connectivity index (χ4v) is 0.340. The molecule has 0 heterocycles. The van der Waals surface area contributed by atoms with E-state index in [4.69, 9.17) is 0 Å². The Morgan fingerprint density at radius 3 is 1.23 bits per heavy atom. The molecule has 0 N–H and O–H groups in total. The van der Waals surface area contributed by atoms with E-state index in [-0.39, 0.29) is 26.2 Å². The fourth-order valence-electron chi connectivity index (χ4n) is 0.340. The van der Waals surface area contributed by atoms with Gasteiger partial charge in [-0.05, 0) is 0 Å². The van der Waals surface area contributed by atoms with E-state index in [2.05, 4.69) is 28.1 Å². The predicted octanol–water partition coefficient (Wildman–Crippen LogP) is 5.21. The maximum Gasteiger partial charge on any atom is 4.00 e. The third-order valence-corrected chi connectivity index (χ3v) is 1.53. The first-order chi connectivity index (χ1) is 9.97. The smallest absolute Gasteiger partial charge is 4.00 e. The van der Waals surface area contributed by atoms with Gasteiger partial charge in [0.15, 0.2) is 0 Å². The molecule has 1 radical (unpaired) electrons. The number of rotatable bonds is 3. The second kappa shape index (κ2) is 43.0. The zero-order valence-corrected chi connectivity index (χ0v) is 19.1. The summed E-state index contributed by atoms with van der Waals surface area (Å²) in [5.74, 6) is 0. The van der Waals surface area contributed by atoms with Crippen LogP contribution in [0.1, 0.15) is 27.2 Å². The summed E-state index contributed by atoms with van der Waals surface area (Å²) in [5.41, 5.74) is 0. The molecule has 22 heavy (non-hydrogen) atoms. The van der Waals surface area contributed by atoms with Gasteiger partial charge < -0.3 is 16.0 Å². The molecular formula is C14H29F3GeN3Zr. The van der Waals surface area contributed by atoms with Gasteiger partial charge in [-0.1, -0.05) is 20.8 Å². The summed E-state index contributed by atoms with van der Waals surface area (Å²) in [5, 5.41) is 11.2. The van der Waals surface area contributed by atoms with E-state index in [0.29, 0.717) is 0 Å². The van der Waals surface area contributed by atoms with Crippen molar-refractivity contribution in [2.75, 3.05) is 40.8 Å². The normalized spacial score (nSPS) is 9.73. The third-order valence-electron chi connectivity index (χ3n) is 1.53. The molecule has 0 saturated heterocycles. The Labute approximate surface area is 160 Å². The Kier molecular flexibility index (Phi) is 66.5. The largest absolute Gasteiger partial charge is 4.00 e. The molecule has 0 atom stereocenters. The standard InChI is InChI=1S/C5H5.3C3H8N.F3Ge.Zr/c1-2-4-5-3-1;3*1-3-4-2;1-4(2)3;/h1-3H,4H2;3*3H2,1-2H3;;/q4*-1;;+4. The van der Waals surface area contributed by atoms with Crippen molar-refractivity contribution in [3.05, 3.63) is 40.3 Å². The molecule has 1 aliphatic rings. The summed E-state index contributed by atoms with van der Waals surface area (Å²) in [6.45, 7) is 8.88. The number of halogens is 3. The Morgan fingerprint density at radius 1 is 0.909 bits per heavy atom. The van der Waals surface area contributed by atoms with E-state index in [0.717, 1.165) is 26.1 Å². The van der Waals surface area contributed by atoms with Gasteiger partial charge >= 0.3 is 52.4 Å². The number of nitrogens with zero attached hydrogens (tertiary/aromatic N) is 3. The van der Waals surface area contributed by atoms with Crippen LogP contribution in [0.25, 0.3) is 16.0 Å². The monoisotopic (exact) mass is 460 g/mol. The molecule has 129 valence electrons. The van der Waals surface area contributed by atoms with Gasteiger partial charge in [-0.15, -0.1) is 6.42 Å². The summed E-state index contributed by atoms with van der Waals surface area (Å²) < 4.78 is 29.5. The minimum atomic E-state index is -4.83. The zero-order valence-electron chi connectivity index (χ0n) is 14.5. The second-order valence-corrected chi connectivity index (χ2v) is 4.01. The Hall–Kier alpha value is 0.576. The molecule has 0 aromatic carbocycles. The van der Waals surface area contributed by atoms with Crippen molar-refractivity contribution in [2.24, 2.45) is 0 Å². The van der Waals surface area contributed by atoms with Crippen LogP contribution in [-0.4, -0.2) is 56.5 Å². The van der Waals surface area contributed by atoms with Crippen LogP contribution >= 0.6 is 0 Å².